The van der Waals surface area contributed by atoms with E-state index in [-0.39, 0.29) is 31.1 Å². The maximum Gasteiger partial charge on any atom is 0.306 e. The SMILES string of the molecule is CC/C=C\C/C=C\C/C=C\C/C=C\CCCCC(=O)OCC(COC(=O)CCCCCCCCCCC/C=C\C/C=C\CCCCCCC)OC(=O)CCCCCCCCC/C=C\C/C=C\CCCCC. The Labute approximate surface area is 438 Å². The standard InChI is InChI=1S/C65H110O6/c1-4-7-10-13-16-19-22-25-28-30-31-32-33-35-37-40-43-46-49-52-55-58-64(67)70-61-62(60-69-63(66)57-54-51-48-45-42-39-36-27-24-21-18-15-12-9-6-3)71-65(68)59-56-53-50-47-44-41-38-34-29-26-23-20-17-14-11-8-5-2/h9,12,17-18,20-22,25-27,29-31,36,42,45,62H,4-8,10-11,13-16,19,23-24,28,32-35,37-41,43-44,46-61H2,1-3H3/b12-9-,20-17-,21-18-,25-22-,29-26-,31-30-,36-27-,45-42-. The van der Waals surface area contributed by atoms with Gasteiger partial charge in [-0.25, -0.2) is 0 Å². The summed E-state index contributed by atoms with van der Waals surface area (Å²) >= 11 is 0. The Kier molecular flexibility index (Phi) is 55.9. The molecule has 0 radical (unpaired) electrons. The van der Waals surface area contributed by atoms with E-state index in [1.165, 1.54) is 135 Å². The van der Waals surface area contributed by atoms with Crippen LogP contribution in [0.15, 0.2) is 97.2 Å². The summed E-state index contributed by atoms with van der Waals surface area (Å²) in [6, 6.07) is 0. The van der Waals surface area contributed by atoms with Crippen molar-refractivity contribution in [3.8, 4) is 0 Å². The van der Waals surface area contributed by atoms with Gasteiger partial charge in [-0.15, -0.1) is 0 Å². The van der Waals surface area contributed by atoms with Gasteiger partial charge in [0.15, 0.2) is 6.10 Å². The first-order valence-corrected chi connectivity index (χ1v) is 29.7. The predicted octanol–water partition coefficient (Wildman–Crippen LogP) is 20.1. The summed E-state index contributed by atoms with van der Waals surface area (Å²) in [5, 5.41) is 0. The van der Waals surface area contributed by atoms with Crippen molar-refractivity contribution in [3.05, 3.63) is 97.2 Å². The summed E-state index contributed by atoms with van der Waals surface area (Å²) in [5.74, 6) is -0.947. The molecule has 0 aliphatic rings. The molecule has 0 heterocycles. The highest BCUT2D eigenvalue weighted by molar-refractivity contribution is 5.71. The van der Waals surface area contributed by atoms with Crippen LogP contribution in [-0.4, -0.2) is 37.2 Å². The lowest BCUT2D eigenvalue weighted by atomic mass is 10.1. The largest absolute Gasteiger partial charge is 0.462 e. The maximum atomic E-state index is 12.9. The third-order valence-electron chi connectivity index (χ3n) is 12.5. The highest BCUT2D eigenvalue weighted by Gasteiger charge is 2.19. The van der Waals surface area contributed by atoms with E-state index in [4.69, 9.17) is 14.2 Å². The molecule has 0 aliphatic carbocycles. The number of hydrogen-bond acceptors (Lipinski definition) is 6. The normalized spacial score (nSPS) is 12.8. The second-order valence-corrected chi connectivity index (χ2v) is 19.5. The monoisotopic (exact) mass is 987 g/mol. The van der Waals surface area contributed by atoms with Crippen LogP contribution < -0.4 is 0 Å². The lowest BCUT2D eigenvalue weighted by Gasteiger charge is -2.18. The zero-order valence-corrected chi connectivity index (χ0v) is 46.5. The minimum Gasteiger partial charge on any atom is -0.462 e. The molecule has 1 unspecified atom stereocenters. The number of carbonyl (C=O) groups is 3. The molecule has 0 fully saturated rings. The van der Waals surface area contributed by atoms with E-state index in [0.29, 0.717) is 19.3 Å². The van der Waals surface area contributed by atoms with Crippen LogP contribution in [0.3, 0.4) is 0 Å². The van der Waals surface area contributed by atoms with Crippen molar-refractivity contribution in [2.45, 2.75) is 284 Å². The molecule has 0 saturated heterocycles. The molecule has 0 aromatic heterocycles. The van der Waals surface area contributed by atoms with Gasteiger partial charge in [0.25, 0.3) is 0 Å². The van der Waals surface area contributed by atoms with Crippen molar-refractivity contribution in [3.63, 3.8) is 0 Å². The van der Waals surface area contributed by atoms with Gasteiger partial charge >= 0.3 is 17.9 Å². The number of ether oxygens (including phenoxy) is 3. The molecule has 1 atom stereocenters. The number of unbranched alkanes of at least 4 members (excludes halogenated alkanes) is 26. The van der Waals surface area contributed by atoms with E-state index in [2.05, 4.69) is 118 Å². The fraction of sp³-hybridized carbons (Fsp3) is 0.708. The van der Waals surface area contributed by atoms with Gasteiger partial charge in [0, 0.05) is 19.3 Å². The molecule has 0 saturated carbocycles. The first-order chi connectivity index (χ1) is 35.0. The van der Waals surface area contributed by atoms with Gasteiger partial charge in [-0.05, 0) is 122 Å². The number of esters is 3. The Morgan fingerprint density at radius 2 is 0.549 bits per heavy atom. The maximum absolute atomic E-state index is 12.9. The van der Waals surface area contributed by atoms with Crippen LogP contribution in [0, 0.1) is 0 Å². The number of carbonyl (C=O) groups excluding carboxylic acids is 3. The molecular weight excluding hydrogens is 877 g/mol. The molecule has 0 N–H and O–H groups in total. The average Bonchev–Trinajstić information content (AvgIpc) is 3.37. The summed E-state index contributed by atoms with van der Waals surface area (Å²) in [6.45, 7) is 6.46. The molecule has 0 aliphatic heterocycles. The van der Waals surface area contributed by atoms with Crippen LogP contribution in [0.25, 0.3) is 0 Å². The summed E-state index contributed by atoms with van der Waals surface area (Å²) in [4.78, 5) is 38.2. The van der Waals surface area contributed by atoms with Crippen LogP contribution in [0.4, 0.5) is 0 Å². The molecule has 0 aromatic carbocycles. The average molecular weight is 988 g/mol. The molecule has 71 heavy (non-hydrogen) atoms. The number of hydrogen-bond donors (Lipinski definition) is 0. The zero-order chi connectivity index (χ0) is 51.4. The van der Waals surface area contributed by atoms with Crippen LogP contribution in [0.5, 0.6) is 0 Å². The first kappa shape index (κ1) is 67.3. The molecule has 0 spiro atoms. The predicted molar refractivity (Wildman–Crippen MR) is 307 cm³/mol. The number of allylic oxidation sites excluding steroid dienone is 16. The third kappa shape index (κ3) is 57.1. The van der Waals surface area contributed by atoms with Crippen LogP contribution in [0.1, 0.15) is 278 Å². The van der Waals surface area contributed by atoms with E-state index in [1.807, 2.05) is 0 Å². The molecule has 6 nitrogen and oxygen atoms in total. The van der Waals surface area contributed by atoms with Gasteiger partial charge in [-0.2, -0.15) is 0 Å². The molecule has 6 heteroatoms. The van der Waals surface area contributed by atoms with Gasteiger partial charge in [-0.1, -0.05) is 234 Å². The molecule has 0 aromatic rings. The van der Waals surface area contributed by atoms with Gasteiger partial charge in [0.05, 0.1) is 0 Å². The van der Waals surface area contributed by atoms with E-state index in [9.17, 15) is 14.4 Å². The molecule has 0 bridgehead atoms. The van der Waals surface area contributed by atoms with Crippen LogP contribution >= 0.6 is 0 Å². The summed E-state index contributed by atoms with van der Waals surface area (Å²) in [6.07, 6.45) is 78.3. The Morgan fingerprint density at radius 1 is 0.296 bits per heavy atom. The van der Waals surface area contributed by atoms with Crippen LogP contribution in [-0.2, 0) is 28.6 Å². The third-order valence-corrected chi connectivity index (χ3v) is 12.5. The van der Waals surface area contributed by atoms with Crippen molar-refractivity contribution < 1.29 is 28.6 Å². The molecular formula is C65H110O6. The van der Waals surface area contributed by atoms with E-state index in [1.54, 1.807) is 0 Å². The molecule has 0 rings (SSSR count). The Bertz CT molecular complexity index is 1410. The highest BCUT2D eigenvalue weighted by atomic mass is 16.6. The van der Waals surface area contributed by atoms with Crippen molar-refractivity contribution in [1.29, 1.82) is 0 Å². The van der Waals surface area contributed by atoms with Crippen molar-refractivity contribution in [2.75, 3.05) is 13.2 Å². The van der Waals surface area contributed by atoms with Gasteiger partial charge < -0.3 is 14.2 Å². The highest BCUT2D eigenvalue weighted by Crippen LogP contribution is 2.15. The topological polar surface area (TPSA) is 78.9 Å². The fourth-order valence-electron chi connectivity index (χ4n) is 8.08. The summed E-state index contributed by atoms with van der Waals surface area (Å²) < 4.78 is 16.8. The van der Waals surface area contributed by atoms with Gasteiger partial charge in [0.1, 0.15) is 13.2 Å². The first-order valence-electron chi connectivity index (χ1n) is 29.7. The van der Waals surface area contributed by atoms with Crippen LogP contribution in [0.2, 0.25) is 0 Å². The lowest BCUT2D eigenvalue weighted by Crippen LogP contribution is -2.30. The Morgan fingerprint density at radius 3 is 0.915 bits per heavy atom. The minimum atomic E-state index is -0.802. The lowest BCUT2D eigenvalue weighted by molar-refractivity contribution is -0.167. The number of rotatable bonds is 53. The second kappa shape index (κ2) is 58.9. The van der Waals surface area contributed by atoms with E-state index >= 15 is 0 Å². The zero-order valence-electron chi connectivity index (χ0n) is 46.5. The van der Waals surface area contributed by atoms with Crippen molar-refractivity contribution in [1.82, 2.24) is 0 Å². The van der Waals surface area contributed by atoms with Crippen molar-refractivity contribution >= 4 is 17.9 Å². The molecule has 406 valence electrons. The van der Waals surface area contributed by atoms with E-state index in [0.717, 1.165) is 103 Å². The Hall–Kier alpha value is -3.67. The van der Waals surface area contributed by atoms with Gasteiger partial charge in [-0.3, -0.25) is 14.4 Å². The van der Waals surface area contributed by atoms with E-state index < -0.39 is 6.10 Å². The fourth-order valence-corrected chi connectivity index (χ4v) is 8.08. The van der Waals surface area contributed by atoms with Gasteiger partial charge in [0.2, 0.25) is 0 Å². The smallest absolute Gasteiger partial charge is 0.306 e. The minimum absolute atomic E-state index is 0.0965. The quantitative estimate of drug-likeness (QED) is 0.0261. The summed E-state index contributed by atoms with van der Waals surface area (Å²) in [7, 11) is 0. The molecule has 0 amide bonds. The second-order valence-electron chi connectivity index (χ2n) is 19.5. The summed E-state index contributed by atoms with van der Waals surface area (Å²) in [5.41, 5.74) is 0. The Balaban J connectivity index is 4.43. The van der Waals surface area contributed by atoms with Crippen molar-refractivity contribution in [2.24, 2.45) is 0 Å².